The van der Waals surface area contributed by atoms with E-state index in [1.54, 1.807) is 0 Å². The van der Waals surface area contributed by atoms with Gasteiger partial charge in [0.1, 0.15) is 13.2 Å². The van der Waals surface area contributed by atoms with Gasteiger partial charge < -0.3 is 28.4 Å². The van der Waals surface area contributed by atoms with Gasteiger partial charge in [-0.1, -0.05) is 41.5 Å². The Balaban J connectivity index is 3.91. The number of esters is 2. The van der Waals surface area contributed by atoms with Gasteiger partial charge in [0.05, 0.1) is 13.2 Å². The van der Waals surface area contributed by atoms with Crippen molar-refractivity contribution in [2.45, 2.75) is 54.1 Å². The number of methoxy groups -OCH3 is 2. The molecule has 0 saturated carbocycles. The third-order valence-corrected chi connectivity index (χ3v) is 3.13. The van der Waals surface area contributed by atoms with Crippen molar-refractivity contribution in [3.8, 4) is 0 Å². The van der Waals surface area contributed by atoms with Crippen molar-refractivity contribution >= 4 is 11.9 Å². The molecule has 0 aromatic heterocycles. The van der Waals surface area contributed by atoms with Crippen molar-refractivity contribution in [3.05, 3.63) is 0 Å². The number of carbonyl (C=O) groups excluding carboxylic acids is 2. The molecule has 0 aliphatic rings. The smallest absolute Gasteiger partial charge is 0.334 e. The van der Waals surface area contributed by atoms with Crippen LogP contribution < -0.4 is 0 Å². The second kappa shape index (κ2) is 11.5. The summed E-state index contributed by atoms with van der Waals surface area (Å²) in [6.07, 6.45) is -1.30. The van der Waals surface area contributed by atoms with E-state index in [2.05, 4.69) is 0 Å². The van der Waals surface area contributed by atoms with E-state index < -0.39 is 24.5 Å². The molecule has 2 atom stereocenters. The number of hydrogen-bond acceptors (Lipinski definition) is 8. The Morgan fingerprint density at radius 1 is 0.692 bits per heavy atom. The van der Waals surface area contributed by atoms with Gasteiger partial charge in [-0.25, -0.2) is 9.59 Å². The maximum Gasteiger partial charge on any atom is 0.334 e. The molecule has 0 saturated heterocycles. The molecular weight excluding hydrogens is 344 g/mol. The highest BCUT2D eigenvalue weighted by Crippen LogP contribution is 2.23. The van der Waals surface area contributed by atoms with Gasteiger partial charge in [-0.3, -0.25) is 0 Å². The van der Waals surface area contributed by atoms with Gasteiger partial charge >= 0.3 is 11.9 Å². The molecule has 0 heterocycles. The molecule has 0 aliphatic carbocycles. The lowest BCUT2D eigenvalue weighted by Gasteiger charge is -2.28. The zero-order chi connectivity index (χ0) is 20.4. The standard InChI is InChI=1S/C18H34O8/c1-17(2,3)15(21-7)25-13(19)11-23-9-10-24-12-14(20)26-16(22-8)18(4,5)6/h15-16H,9-12H2,1-8H3. The average molecular weight is 378 g/mol. The van der Waals surface area contributed by atoms with Crippen LogP contribution >= 0.6 is 0 Å². The van der Waals surface area contributed by atoms with Gasteiger partial charge in [-0.15, -0.1) is 0 Å². The Hall–Kier alpha value is -1.22. The summed E-state index contributed by atoms with van der Waals surface area (Å²) in [4.78, 5) is 23.4. The number of rotatable bonds is 11. The Morgan fingerprint density at radius 2 is 1.00 bits per heavy atom. The van der Waals surface area contributed by atoms with Gasteiger partial charge in [0.2, 0.25) is 12.6 Å². The molecule has 26 heavy (non-hydrogen) atoms. The first kappa shape index (κ1) is 24.8. The van der Waals surface area contributed by atoms with Crippen molar-refractivity contribution in [3.63, 3.8) is 0 Å². The summed E-state index contributed by atoms with van der Waals surface area (Å²) < 4.78 is 31.0. The first-order valence-electron chi connectivity index (χ1n) is 8.51. The van der Waals surface area contributed by atoms with E-state index in [9.17, 15) is 9.59 Å². The predicted octanol–water partition coefficient (Wildman–Crippen LogP) is 2.14. The molecule has 0 aromatic rings. The normalized spacial score (nSPS) is 14.6. The summed E-state index contributed by atoms with van der Waals surface area (Å²) in [6.45, 7) is 11.2. The van der Waals surface area contributed by atoms with Crippen LogP contribution in [0.2, 0.25) is 0 Å². The summed E-state index contributed by atoms with van der Waals surface area (Å²) in [6, 6.07) is 0. The number of hydrogen-bond donors (Lipinski definition) is 0. The van der Waals surface area contributed by atoms with Crippen LogP contribution in [-0.2, 0) is 38.0 Å². The summed E-state index contributed by atoms with van der Waals surface area (Å²) in [5.41, 5.74) is -0.665. The van der Waals surface area contributed by atoms with E-state index in [0.29, 0.717) is 0 Å². The first-order chi connectivity index (χ1) is 11.9. The summed E-state index contributed by atoms with van der Waals surface area (Å²) in [7, 11) is 2.95. The maximum atomic E-state index is 11.7. The predicted molar refractivity (Wildman–Crippen MR) is 94.3 cm³/mol. The van der Waals surface area contributed by atoms with Crippen molar-refractivity contribution in [1.29, 1.82) is 0 Å². The monoisotopic (exact) mass is 378 g/mol. The van der Waals surface area contributed by atoms with Crippen LogP contribution in [-0.4, -0.2) is 65.2 Å². The molecule has 0 aromatic carbocycles. The van der Waals surface area contributed by atoms with Crippen molar-refractivity contribution in [2.24, 2.45) is 10.8 Å². The molecule has 0 bridgehead atoms. The fraction of sp³-hybridized carbons (Fsp3) is 0.889. The molecule has 0 fully saturated rings. The van der Waals surface area contributed by atoms with Gasteiger partial charge in [0.25, 0.3) is 0 Å². The van der Waals surface area contributed by atoms with Gasteiger partial charge in [0, 0.05) is 25.0 Å². The Labute approximate surface area is 156 Å². The van der Waals surface area contributed by atoms with Gasteiger partial charge in [0.15, 0.2) is 0 Å². The molecule has 0 amide bonds. The third kappa shape index (κ3) is 10.7. The Bertz CT molecular complexity index is 382. The SMILES string of the molecule is COC(OC(=O)COCCOCC(=O)OC(OC)C(C)(C)C)C(C)(C)C. The Morgan fingerprint density at radius 3 is 1.23 bits per heavy atom. The van der Waals surface area contributed by atoms with Crippen LogP contribution in [0, 0.1) is 10.8 Å². The minimum atomic E-state index is -0.652. The van der Waals surface area contributed by atoms with E-state index in [1.165, 1.54) is 14.2 Å². The molecule has 0 aliphatic heterocycles. The zero-order valence-corrected chi connectivity index (χ0v) is 17.2. The van der Waals surface area contributed by atoms with E-state index >= 15 is 0 Å². The largest absolute Gasteiger partial charge is 0.433 e. The molecule has 0 rings (SSSR count). The quantitative estimate of drug-likeness (QED) is 0.307. The molecule has 0 radical (unpaired) electrons. The minimum absolute atomic E-state index is 0.141. The summed E-state index contributed by atoms with van der Waals surface area (Å²) in [5.74, 6) is -1.06. The van der Waals surface area contributed by atoms with Crippen LogP contribution in [0.25, 0.3) is 0 Å². The van der Waals surface area contributed by atoms with Crippen molar-refractivity contribution < 1.29 is 38.0 Å². The lowest BCUT2D eigenvalue weighted by atomic mass is 9.96. The highest BCUT2D eigenvalue weighted by molar-refractivity contribution is 5.71. The molecule has 8 nitrogen and oxygen atoms in total. The maximum absolute atomic E-state index is 11.7. The zero-order valence-electron chi connectivity index (χ0n) is 17.2. The second-order valence-corrected chi connectivity index (χ2v) is 7.95. The topological polar surface area (TPSA) is 89.5 Å². The minimum Gasteiger partial charge on any atom is -0.433 e. The molecular formula is C18H34O8. The third-order valence-electron chi connectivity index (χ3n) is 3.13. The Kier molecular flexibility index (Phi) is 10.9. The molecule has 0 spiro atoms. The number of carbonyl (C=O) groups is 2. The molecule has 2 unspecified atom stereocenters. The second-order valence-electron chi connectivity index (χ2n) is 7.95. The van der Waals surface area contributed by atoms with Gasteiger partial charge in [-0.2, -0.15) is 0 Å². The highest BCUT2D eigenvalue weighted by Gasteiger charge is 2.29. The van der Waals surface area contributed by atoms with E-state index in [4.69, 9.17) is 28.4 Å². The first-order valence-corrected chi connectivity index (χ1v) is 8.51. The summed E-state index contributed by atoms with van der Waals surface area (Å²) >= 11 is 0. The van der Waals surface area contributed by atoms with Crippen LogP contribution in [0.4, 0.5) is 0 Å². The van der Waals surface area contributed by atoms with Crippen molar-refractivity contribution in [1.82, 2.24) is 0 Å². The lowest BCUT2D eigenvalue weighted by Crippen LogP contribution is -2.35. The van der Waals surface area contributed by atoms with Crippen molar-refractivity contribution in [2.75, 3.05) is 40.6 Å². The van der Waals surface area contributed by atoms with Crippen LogP contribution in [0.3, 0.4) is 0 Å². The fourth-order valence-corrected chi connectivity index (χ4v) is 1.89. The lowest BCUT2D eigenvalue weighted by molar-refractivity contribution is -0.202. The van der Waals surface area contributed by atoms with Crippen LogP contribution in [0.15, 0.2) is 0 Å². The molecule has 154 valence electrons. The number of ether oxygens (including phenoxy) is 6. The summed E-state index contributed by atoms with van der Waals surface area (Å²) in [5, 5.41) is 0. The fourth-order valence-electron chi connectivity index (χ4n) is 1.89. The molecule has 0 N–H and O–H groups in total. The highest BCUT2D eigenvalue weighted by atomic mass is 16.7. The van der Waals surface area contributed by atoms with Gasteiger partial charge in [-0.05, 0) is 0 Å². The van der Waals surface area contributed by atoms with E-state index in [0.717, 1.165) is 0 Å². The van der Waals surface area contributed by atoms with E-state index in [-0.39, 0.29) is 37.3 Å². The van der Waals surface area contributed by atoms with Crippen LogP contribution in [0.1, 0.15) is 41.5 Å². The van der Waals surface area contributed by atoms with Crippen LogP contribution in [0.5, 0.6) is 0 Å². The molecule has 8 heteroatoms. The van der Waals surface area contributed by atoms with E-state index in [1.807, 2.05) is 41.5 Å². The average Bonchev–Trinajstić information content (AvgIpc) is 2.51.